The molecule has 1 N–H and O–H groups in total. The molecule has 0 atom stereocenters. The van der Waals surface area contributed by atoms with E-state index in [-0.39, 0.29) is 22.0 Å². The Morgan fingerprint density at radius 3 is 2.65 bits per heavy atom. The van der Waals surface area contributed by atoms with Crippen molar-refractivity contribution in [1.82, 2.24) is 0 Å². The molecule has 0 spiro atoms. The number of nitrogens with zero attached hydrogens (tertiary/aromatic N) is 2. The highest BCUT2D eigenvalue weighted by molar-refractivity contribution is 7.93. The van der Waals surface area contributed by atoms with Gasteiger partial charge in [-0.15, -0.1) is 0 Å². The summed E-state index contributed by atoms with van der Waals surface area (Å²) in [5, 5.41) is 13.7. The number of halogens is 1. The molecule has 1 heterocycles. The Kier molecular flexibility index (Phi) is 4.84. The zero-order valence-corrected chi connectivity index (χ0v) is 15.0. The molecule has 3 rings (SSSR count). The summed E-state index contributed by atoms with van der Waals surface area (Å²) in [5.74, 6) is -0.501. The van der Waals surface area contributed by atoms with Gasteiger partial charge >= 0.3 is 0 Å². The van der Waals surface area contributed by atoms with Gasteiger partial charge in [0, 0.05) is 29.9 Å². The van der Waals surface area contributed by atoms with Crippen LogP contribution in [-0.2, 0) is 10.0 Å². The molecule has 1 amide bonds. The minimum Gasteiger partial charge on any atom is -0.322 e. The summed E-state index contributed by atoms with van der Waals surface area (Å²) in [6.07, 6.45) is 0.503. The first-order valence-electron chi connectivity index (χ1n) is 7.64. The summed E-state index contributed by atoms with van der Waals surface area (Å²) in [4.78, 5) is 22.6. The topological polar surface area (TPSA) is 110 Å². The van der Waals surface area contributed by atoms with Crippen LogP contribution in [0.2, 0.25) is 5.02 Å². The molecule has 8 nitrogen and oxygen atoms in total. The smallest absolute Gasteiger partial charge is 0.270 e. The highest BCUT2D eigenvalue weighted by atomic mass is 35.5. The minimum atomic E-state index is -3.41. The van der Waals surface area contributed by atoms with E-state index in [0.29, 0.717) is 24.3 Å². The van der Waals surface area contributed by atoms with Gasteiger partial charge in [-0.05, 0) is 30.7 Å². The Morgan fingerprint density at radius 1 is 1.23 bits per heavy atom. The third-order valence-corrected chi connectivity index (χ3v) is 6.07. The maximum absolute atomic E-state index is 12.3. The first-order chi connectivity index (χ1) is 12.3. The van der Waals surface area contributed by atoms with Crippen LogP contribution >= 0.6 is 11.6 Å². The molecule has 2 aromatic rings. The van der Waals surface area contributed by atoms with Gasteiger partial charge in [0.2, 0.25) is 10.0 Å². The third kappa shape index (κ3) is 3.63. The van der Waals surface area contributed by atoms with E-state index in [1.807, 2.05) is 0 Å². The second-order valence-corrected chi connectivity index (χ2v) is 8.09. The van der Waals surface area contributed by atoms with Crippen LogP contribution < -0.4 is 9.62 Å². The standard InChI is InChI=1S/C16H14ClN3O5S/c17-14-6-5-12(10-15(14)19-7-2-8-26(19,24)25)18-16(21)11-3-1-4-13(9-11)20(22)23/h1,3-6,9-10H,2,7-8H2,(H,18,21). The number of carbonyl (C=O) groups is 1. The fourth-order valence-corrected chi connectivity index (χ4v) is 4.50. The predicted molar refractivity (Wildman–Crippen MR) is 98.3 cm³/mol. The van der Waals surface area contributed by atoms with Crippen LogP contribution in [0, 0.1) is 10.1 Å². The van der Waals surface area contributed by atoms with E-state index >= 15 is 0 Å². The highest BCUT2D eigenvalue weighted by Gasteiger charge is 2.30. The molecule has 1 fully saturated rings. The normalized spacial score (nSPS) is 15.7. The second-order valence-electron chi connectivity index (χ2n) is 5.67. The van der Waals surface area contributed by atoms with Crippen molar-refractivity contribution in [3.63, 3.8) is 0 Å². The van der Waals surface area contributed by atoms with E-state index in [1.165, 1.54) is 40.7 Å². The van der Waals surface area contributed by atoms with Gasteiger partial charge in [0.05, 0.1) is 21.4 Å². The average molecular weight is 396 g/mol. The van der Waals surface area contributed by atoms with Crippen molar-refractivity contribution in [3.8, 4) is 0 Å². The van der Waals surface area contributed by atoms with E-state index in [0.717, 1.165) is 6.07 Å². The Bertz CT molecular complexity index is 993. The lowest BCUT2D eigenvalue weighted by molar-refractivity contribution is -0.384. The van der Waals surface area contributed by atoms with Crippen LogP contribution in [-0.4, -0.2) is 31.5 Å². The molecule has 1 aliphatic heterocycles. The molecule has 1 aliphatic rings. The quantitative estimate of drug-likeness (QED) is 0.632. The van der Waals surface area contributed by atoms with Gasteiger partial charge in [0.25, 0.3) is 11.6 Å². The second kappa shape index (κ2) is 6.93. The number of nitro groups is 1. The van der Waals surface area contributed by atoms with Crippen LogP contribution in [0.25, 0.3) is 0 Å². The molecule has 26 heavy (non-hydrogen) atoms. The van der Waals surface area contributed by atoms with E-state index in [2.05, 4.69) is 5.32 Å². The lowest BCUT2D eigenvalue weighted by Crippen LogP contribution is -2.25. The number of amides is 1. The predicted octanol–water partition coefficient (Wildman–Crippen LogP) is 3.04. The third-order valence-electron chi connectivity index (χ3n) is 3.89. The van der Waals surface area contributed by atoms with E-state index < -0.39 is 20.9 Å². The zero-order valence-electron chi connectivity index (χ0n) is 13.4. The van der Waals surface area contributed by atoms with Gasteiger partial charge in [-0.1, -0.05) is 17.7 Å². The number of carbonyl (C=O) groups excluding carboxylic acids is 1. The van der Waals surface area contributed by atoms with Gasteiger partial charge in [0.1, 0.15) is 0 Å². The van der Waals surface area contributed by atoms with Crippen LogP contribution in [0.1, 0.15) is 16.8 Å². The van der Waals surface area contributed by atoms with Crippen molar-refractivity contribution in [1.29, 1.82) is 0 Å². The molecule has 10 heteroatoms. The SMILES string of the molecule is O=C(Nc1ccc(Cl)c(N2CCCS2(=O)=O)c1)c1cccc([N+](=O)[O-])c1. The van der Waals surface area contributed by atoms with Crippen molar-refractivity contribution in [3.05, 3.63) is 63.2 Å². The van der Waals surface area contributed by atoms with Crippen molar-refractivity contribution in [2.45, 2.75) is 6.42 Å². The molecule has 2 aromatic carbocycles. The monoisotopic (exact) mass is 395 g/mol. The number of benzene rings is 2. The summed E-state index contributed by atoms with van der Waals surface area (Å²) < 4.78 is 25.4. The molecule has 0 saturated carbocycles. The van der Waals surface area contributed by atoms with Crippen LogP contribution in [0.15, 0.2) is 42.5 Å². The molecular formula is C16H14ClN3O5S. The van der Waals surface area contributed by atoms with Crippen LogP contribution in [0.3, 0.4) is 0 Å². The number of hydrogen-bond acceptors (Lipinski definition) is 5. The lowest BCUT2D eigenvalue weighted by atomic mass is 10.2. The van der Waals surface area contributed by atoms with Gasteiger partial charge in [0.15, 0.2) is 0 Å². The minimum absolute atomic E-state index is 0.0492. The molecule has 0 aromatic heterocycles. The Hall–Kier alpha value is -2.65. The molecule has 136 valence electrons. The maximum atomic E-state index is 12.3. The maximum Gasteiger partial charge on any atom is 0.270 e. The van der Waals surface area contributed by atoms with Gasteiger partial charge in [-0.25, -0.2) is 8.42 Å². The Balaban J connectivity index is 1.87. The Morgan fingerprint density at radius 2 is 2.00 bits per heavy atom. The molecule has 1 saturated heterocycles. The summed E-state index contributed by atoms with van der Waals surface area (Å²) >= 11 is 6.12. The number of rotatable bonds is 4. The van der Waals surface area contributed by atoms with Crippen molar-refractivity contribution in [2.75, 3.05) is 21.9 Å². The summed E-state index contributed by atoms with van der Waals surface area (Å²) in [6, 6.07) is 9.81. The highest BCUT2D eigenvalue weighted by Crippen LogP contribution is 2.33. The first kappa shape index (κ1) is 18.2. The van der Waals surface area contributed by atoms with Crippen molar-refractivity contribution in [2.24, 2.45) is 0 Å². The number of hydrogen-bond donors (Lipinski definition) is 1. The lowest BCUT2D eigenvalue weighted by Gasteiger charge is -2.19. The summed E-state index contributed by atoms with van der Waals surface area (Å²) in [7, 11) is -3.41. The van der Waals surface area contributed by atoms with Crippen molar-refractivity contribution < 1.29 is 18.1 Å². The van der Waals surface area contributed by atoms with Gasteiger partial charge in [-0.2, -0.15) is 0 Å². The largest absolute Gasteiger partial charge is 0.322 e. The van der Waals surface area contributed by atoms with E-state index in [9.17, 15) is 23.3 Å². The molecule has 0 aliphatic carbocycles. The van der Waals surface area contributed by atoms with Gasteiger partial charge in [-0.3, -0.25) is 19.2 Å². The molecule has 0 bridgehead atoms. The Labute approximate surface area is 154 Å². The number of non-ortho nitro benzene ring substituents is 1. The average Bonchev–Trinajstić information content (AvgIpc) is 2.95. The van der Waals surface area contributed by atoms with Crippen LogP contribution in [0.5, 0.6) is 0 Å². The fraction of sp³-hybridized carbons (Fsp3) is 0.188. The van der Waals surface area contributed by atoms with Crippen LogP contribution in [0.4, 0.5) is 17.1 Å². The molecular weight excluding hydrogens is 382 g/mol. The van der Waals surface area contributed by atoms with Gasteiger partial charge < -0.3 is 5.32 Å². The zero-order chi connectivity index (χ0) is 18.9. The molecule has 0 unspecified atom stereocenters. The van der Waals surface area contributed by atoms with Crippen molar-refractivity contribution >= 4 is 44.6 Å². The number of nitrogens with one attached hydrogen (secondary N) is 1. The number of nitro benzene ring substituents is 1. The summed E-state index contributed by atoms with van der Waals surface area (Å²) in [5.41, 5.74) is 0.547. The van der Waals surface area contributed by atoms with E-state index in [1.54, 1.807) is 0 Å². The number of anilines is 2. The first-order valence-corrected chi connectivity index (χ1v) is 9.62. The summed E-state index contributed by atoms with van der Waals surface area (Å²) in [6.45, 7) is 0.324. The molecule has 0 radical (unpaired) electrons. The van der Waals surface area contributed by atoms with E-state index in [4.69, 9.17) is 11.6 Å². The fourth-order valence-electron chi connectivity index (χ4n) is 2.66. The number of sulfonamides is 1.